The molecule has 0 unspecified atom stereocenters. The number of aromatic nitrogens is 7. The van der Waals surface area contributed by atoms with Crippen molar-refractivity contribution in [1.82, 2.24) is 34.5 Å². The van der Waals surface area contributed by atoms with E-state index >= 15 is 0 Å². The van der Waals surface area contributed by atoms with Gasteiger partial charge in [-0.15, -0.1) is 0 Å². The number of fused-ring (bicyclic) bond motifs is 1. The number of carbonyl (C=O) groups is 1. The molecule has 2 N–H and O–H groups in total. The van der Waals surface area contributed by atoms with Crippen LogP contribution in [-0.2, 0) is 18.3 Å². The molecule has 0 aliphatic rings. The van der Waals surface area contributed by atoms with Crippen LogP contribution in [0.25, 0.3) is 11.0 Å². The topological polar surface area (TPSA) is 114 Å². The van der Waals surface area contributed by atoms with Crippen LogP contribution in [-0.4, -0.2) is 46.9 Å². The largest absolute Gasteiger partial charge is 0.446 e. The van der Waals surface area contributed by atoms with Gasteiger partial charge in [0.1, 0.15) is 11.5 Å². The fraction of sp³-hybridized carbons (Fsp3) is 0.300. The second kappa shape index (κ2) is 9.71. The highest BCUT2D eigenvalue weighted by Gasteiger charge is 2.24. The number of nitrogens with zero attached hydrogens (tertiary/aromatic N) is 6. The van der Waals surface area contributed by atoms with Crippen molar-refractivity contribution in [1.29, 1.82) is 0 Å². The number of imidazole rings is 1. The van der Waals surface area contributed by atoms with E-state index in [1.165, 1.54) is 0 Å². The number of hydrogen-bond donors (Lipinski definition) is 2. The SMILES string of the molecule is Cc1cc2c(Cc3cn(C)cn3)nc(N[C@@H](C)c3ncc(F)cn3)nc2[nH]1.O=CC(F)(F)F. The summed E-state index contributed by atoms with van der Waals surface area (Å²) in [4.78, 5) is 33.6. The van der Waals surface area contributed by atoms with Gasteiger partial charge >= 0.3 is 6.18 Å². The average molecular weight is 464 g/mol. The molecule has 9 nitrogen and oxygen atoms in total. The summed E-state index contributed by atoms with van der Waals surface area (Å²) in [6.07, 6.45) is 0.912. The van der Waals surface area contributed by atoms with E-state index in [1.807, 2.05) is 37.7 Å². The monoisotopic (exact) mass is 464 g/mol. The Morgan fingerprint density at radius 3 is 2.45 bits per heavy atom. The van der Waals surface area contributed by atoms with Crippen molar-refractivity contribution in [2.24, 2.45) is 7.05 Å². The maximum absolute atomic E-state index is 13.0. The lowest BCUT2D eigenvalue weighted by molar-refractivity contribution is -0.156. The zero-order valence-corrected chi connectivity index (χ0v) is 17.9. The van der Waals surface area contributed by atoms with Gasteiger partial charge in [0.05, 0.1) is 36.2 Å². The van der Waals surface area contributed by atoms with Gasteiger partial charge in [0.25, 0.3) is 0 Å². The third-order valence-electron chi connectivity index (χ3n) is 4.31. The molecule has 1 atom stereocenters. The fourth-order valence-corrected chi connectivity index (χ4v) is 2.94. The van der Waals surface area contributed by atoms with Gasteiger partial charge in [-0.2, -0.15) is 18.2 Å². The van der Waals surface area contributed by atoms with Crippen molar-refractivity contribution >= 4 is 23.3 Å². The number of alkyl halides is 3. The van der Waals surface area contributed by atoms with Crippen LogP contribution in [0.4, 0.5) is 23.5 Å². The third kappa shape index (κ3) is 6.54. The Hall–Kier alpha value is -3.90. The molecule has 0 aromatic carbocycles. The number of halogens is 4. The molecule has 0 fully saturated rings. The number of aryl methyl sites for hydroxylation is 2. The summed E-state index contributed by atoms with van der Waals surface area (Å²) in [6, 6.07) is 1.76. The molecule has 0 bridgehead atoms. The minimum Gasteiger partial charge on any atom is -0.344 e. The molecule has 4 heterocycles. The first-order chi connectivity index (χ1) is 15.5. The zero-order valence-electron chi connectivity index (χ0n) is 17.9. The first-order valence-electron chi connectivity index (χ1n) is 9.64. The summed E-state index contributed by atoms with van der Waals surface area (Å²) in [6.45, 7) is 3.85. The van der Waals surface area contributed by atoms with Crippen molar-refractivity contribution in [3.63, 3.8) is 0 Å². The number of anilines is 1. The van der Waals surface area contributed by atoms with Gasteiger partial charge in [-0.05, 0) is 19.9 Å². The molecular formula is C20H20F4N8O. The van der Waals surface area contributed by atoms with Gasteiger partial charge in [-0.3, -0.25) is 4.79 Å². The Morgan fingerprint density at radius 1 is 1.21 bits per heavy atom. The summed E-state index contributed by atoms with van der Waals surface area (Å²) < 4.78 is 46.2. The van der Waals surface area contributed by atoms with Gasteiger partial charge in [0.15, 0.2) is 5.82 Å². The van der Waals surface area contributed by atoms with Crippen LogP contribution < -0.4 is 5.32 Å². The molecule has 174 valence electrons. The summed E-state index contributed by atoms with van der Waals surface area (Å²) in [5.41, 5.74) is 3.56. The van der Waals surface area contributed by atoms with Crippen LogP contribution in [0.2, 0.25) is 0 Å². The fourth-order valence-electron chi connectivity index (χ4n) is 2.94. The Labute approximate surface area is 185 Å². The number of rotatable bonds is 5. The lowest BCUT2D eigenvalue weighted by Crippen LogP contribution is -2.13. The molecule has 13 heteroatoms. The third-order valence-corrected chi connectivity index (χ3v) is 4.31. The molecule has 33 heavy (non-hydrogen) atoms. The smallest absolute Gasteiger partial charge is 0.344 e. The first-order valence-corrected chi connectivity index (χ1v) is 9.64. The summed E-state index contributed by atoms with van der Waals surface area (Å²) in [5.74, 6) is 0.452. The molecule has 0 amide bonds. The second-order valence-electron chi connectivity index (χ2n) is 7.20. The Balaban J connectivity index is 0.000000454. The van der Waals surface area contributed by atoms with Gasteiger partial charge in [-0.1, -0.05) is 0 Å². The number of H-pyrrole nitrogens is 1. The van der Waals surface area contributed by atoms with Crippen LogP contribution >= 0.6 is 0 Å². The molecule has 0 aliphatic heterocycles. The van der Waals surface area contributed by atoms with Crippen LogP contribution in [0, 0.1) is 12.7 Å². The lowest BCUT2D eigenvalue weighted by atomic mass is 10.2. The van der Waals surface area contributed by atoms with E-state index in [2.05, 4.69) is 35.2 Å². The van der Waals surface area contributed by atoms with Crippen LogP contribution in [0.3, 0.4) is 0 Å². The average Bonchev–Trinajstić information content (AvgIpc) is 3.33. The number of aldehydes is 1. The highest BCUT2D eigenvalue weighted by molar-refractivity contribution is 5.80. The maximum atomic E-state index is 13.0. The Bertz CT molecular complexity index is 1230. The minimum atomic E-state index is -4.64. The van der Waals surface area contributed by atoms with Crippen LogP contribution in [0.5, 0.6) is 0 Å². The predicted octanol–water partition coefficient (Wildman–Crippen LogP) is 3.44. The van der Waals surface area contributed by atoms with Crippen LogP contribution in [0.15, 0.2) is 31.0 Å². The normalized spacial score (nSPS) is 12.2. The van der Waals surface area contributed by atoms with Gasteiger partial charge in [-0.25, -0.2) is 24.3 Å². The highest BCUT2D eigenvalue weighted by Crippen LogP contribution is 2.22. The number of nitrogens with one attached hydrogen (secondary N) is 2. The predicted molar refractivity (Wildman–Crippen MR) is 111 cm³/mol. The summed E-state index contributed by atoms with van der Waals surface area (Å²) >= 11 is 0. The Kier molecular flexibility index (Phi) is 6.99. The van der Waals surface area contributed by atoms with Gasteiger partial charge < -0.3 is 14.9 Å². The number of carbonyl (C=O) groups excluding carboxylic acids is 1. The molecule has 4 aromatic heterocycles. The van der Waals surface area contributed by atoms with Crippen molar-refractivity contribution in [3.05, 3.63) is 59.7 Å². The standard InChI is InChI=1S/C18H19FN8.C2HF3O/c1-10-4-14-15(5-13-8-27(3)9-22-13)25-18(26-17(14)23-10)24-11(2)16-20-6-12(19)7-21-16;3-2(4,5)1-6/h4,6-9,11H,5H2,1-3H3,(H2,23,24,25,26);1H/t11-;/m0./s1. The van der Waals surface area contributed by atoms with E-state index in [1.54, 1.807) is 6.33 Å². The van der Waals surface area contributed by atoms with Crippen molar-refractivity contribution in [3.8, 4) is 0 Å². The molecule has 0 spiro atoms. The molecule has 4 rings (SSSR count). The van der Waals surface area contributed by atoms with Gasteiger partial charge in [0, 0.05) is 30.7 Å². The number of hydrogen-bond acceptors (Lipinski definition) is 7. The molecule has 0 radical (unpaired) electrons. The maximum Gasteiger partial charge on any atom is 0.446 e. The van der Waals surface area contributed by atoms with Crippen molar-refractivity contribution in [2.45, 2.75) is 32.5 Å². The van der Waals surface area contributed by atoms with Crippen LogP contribution in [0.1, 0.15) is 35.9 Å². The first kappa shape index (κ1) is 23.8. The molecule has 0 aliphatic carbocycles. The lowest BCUT2D eigenvalue weighted by Gasteiger charge is -2.13. The van der Waals surface area contributed by atoms with E-state index in [4.69, 9.17) is 4.79 Å². The van der Waals surface area contributed by atoms with E-state index in [9.17, 15) is 17.6 Å². The van der Waals surface area contributed by atoms with E-state index < -0.39 is 18.3 Å². The highest BCUT2D eigenvalue weighted by atomic mass is 19.4. The minimum absolute atomic E-state index is 0.276. The second-order valence-corrected chi connectivity index (χ2v) is 7.20. The van der Waals surface area contributed by atoms with Crippen molar-refractivity contribution < 1.29 is 22.4 Å². The Morgan fingerprint density at radius 2 is 1.88 bits per heavy atom. The van der Waals surface area contributed by atoms with E-state index in [0.29, 0.717) is 18.2 Å². The number of aromatic amines is 1. The zero-order chi connectivity index (χ0) is 24.2. The summed E-state index contributed by atoms with van der Waals surface area (Å²) in [7, 11) is 1.93. The van der Waals surface area contributed by atoms with Crippen molar-refractivity contribution in [2.75, 3.05) is 5.32 Å². The molecule has 0 saturated carbocycles. The molecular weight excluding hydrogens is 444 g/mol. The van der Waals surface area contributed by atoms with Gasteiger partial charge in [0.2, 0.25) is 12.2 Å². The van der Waals surface area contributed by atoms with E-state index in [-0.39, 0.29) is 6.04 Å². The quantitative estimate of drug-likeness (QED) is 0.344. The molecule has 0 saturated heterocycles. The molecule has 4 aromatic rings. The van der Waals surface area contributed by atoms with E-state index in [0.717, 1.165) is 40.5 Å². The summed E-state index contributed by atoms with van der Waals surface area (Å²) in [5, 5.41) is 4.16.